The zero-order valence-electron chi connectivity index (χ0n) is 25.8. The second-order valence-electron chi connectivity index (χ2n) is 9.91. The van der Waals surface area contributed by atoms with E-state index in [2.05, 4.69) is 127 Å². The normalized spacial score (nSPS) is 14.5. The molecular formula is C41H42S. The van der Waals surface area contributed by atoms with Gasteiger partial charge in [0.2, 0.25) is 0 Å². The second-order valence-corrected chi connectivity index (χ2v) is 11.0. The molecule has 0 aliphatic heterocycles. The Labute approximate surface area is 256 Å². The summed E-state index contributed by atoms with van der Waals surface area (Å²) in [7, 11) is 0. The Balaban J connectivity index is 2.36. The Bertz CT molecular complexity index is 1940. The lowest BCUT2D eigenvalue weighted by molar-refractivity contribution is 1.28. The third-order valence-electron chi connectivity index (χ3n) is 7.25. The molecule has 0 nitrogen and oxygen atoms in total. The molecule has 0 saturated heterocycles. The standard InChI is InChI=1S/C41H42S/c1-11-19-31(26-29(9)34-24-18-25-38-33(17-7)40(23-15-5)42-41(34)38)28(8)27-39-35(20-12-2)30(10)32(16-6)36(21-13-3)37(39)22-14-4/h11-27H,1,3-4,7-8H2,2,5-6,9-10H3/b20-12-,23-15-,29-26+,31-19+,32-16-,36-21+,37-22-,39-27-. The van der Waals surface area contributed by atoms with Crippen LogP contribution in [0.1, 0.15) is 54.8 Å². The molecule has 0 bridgehead atoms. The molecule has 0 spiro atoms. The van der Waals surface area contributed by atoms with Gasteiger partial charge in [0, 0.05) is 15.0 Å². The fourth-order valence-electron chi connectivity index (χ4n) is 5.38. The molecule has 0 aliphatic carbocycles. The topological polar surface area (TPSA) is 0 Å². The molecule has 1 heterocycles. The van der Waals surface area contributed by atoms with Gasteiger partial charge < -0.3 is 0 Å². The molecule has 3 aromatic rings. The number of hydrogen-bond donors (Lipinski definition) is 0. The summed E-state index contributed by atoms with van der Waals surface area (Å²) in [6, 6.07) is 6.49. The van der Waals surface area contributed by atoms with Crippen molar-refractivity contribution in [2.45, 2.75) is 34.6 Å². The molecule has 0 atom stereocenters. The summed E-state index contributed by atoms with van der Waals surface area (Å²) in [6.45, 7) is 31.1. The number of thiophene rings is 1. The molecule has 0 N–H and O–H groups in total. The molecular weight excluding hydrogens is 525 g/mol. The van der Waals surface area contributed by atoms with Crippen molar-refractivity contribution in [1.29, 1.82) is 0 Å². The monoisotopic (exact) mass is 566 g/mol. The largest absolute Gasteiger partial charge is 0.135 e. The van der Waals surface area contributed by atoms with Crippen molar-refractivity contribution >= 4 is 69.5 Å². The first-order valence-corrected chi connectivity index (χ1v) is 15.0. The van der Waals surface area contributed by atoms with E-state index in [4.69, 9.17) is 0 Å². The van der Waals surface area contributed by atoms with Gasteiger partial charge in [-0.25, -0.2) is 0 Å². The van der Waals surface area contributed by atoms with E-state index in [9.17, 15) is 0 Å². The average molecular weight is 567 g/mol. The van der Waals surface area contributed by atoms with Crippen LogP contribution in [0.25, 0.3) is 58.2 Å². The molecule has 212 valence electrons. The third-order valence-corrected chi connectivity index (χ3v) is 8.47. The van der Waals surface area contributed by atoms with Crippen LogP contribution in [-0.4, -0.2) is 0 Å². The lowest BCUT2D eigenvalue weighted by atomic mass is 9.94. The molecule has 0 amide bonds. The van der Waals surface area contributed by atoms with E-state index < -0.39 is 0 Å². The van der Waals surface area contributed by atoms with E-state index in [0.717, 1.165) is 37.9 Å². The summed E-state index contributed by atoms with van der Waals surface area (Å²) < 4.78 is 1.26. The summed E-state index contributed by atoms with van der Waals surface area (Å²) in [6.07, 6.45) is 28.7. The number of rotatable bonds is 10. The van der Waals surface area contributed by atoms with Crippen molar-refractivity contribution < 1.29 is 0 Å². The predicted octanol–water partition coefficient (Wildman–Crippen LogP) is 9.20. The van der Waals surface area contributed by atoms with Gasteiger partial charge in [-0.2, -0.15) is 0 Å². The molecule has 2 aromatic carbocycles. The first kappa shape index (κ1) is 32.1. The van der Waals surface area contributed by atoms with E-state index in [1.165, 1.54) is 36.9 Å². The lowest BCUT2D eigenvalue weighted by Gasteiger charge is -2.10. The number of fused-ring (bicyclic) bond motifs is 1. The van der Waals surface area contributed by atoms with Crippen LogP contribution in [0.4, 0.5) is 0 Å². The first-order chi connectivity index (χ1) is 20.3. The highest BCUT2D eigenvalue weighted by Gasteiger charge is 2.13. The molecule has 1 aromatic heterocycles. The SMILES string of the molecule is C=C/C=C(\C=C(/C)c1cccc2c(C=C)c(/C=C\C)sc12)C(=C)/C=c1c(/C=C\C)c(C)c(=C/C)/c(=C\C=C)c/1=C/C=C. The zero-order valence-corrected chi connectivity index (χ0v) is 26.6. The Morgan fingerprint density at radius 3 is 2.05 bits per heavy atom. The lowest BCUT2D eigenvalue weighted by Crippen LogP contribution is -2.51. The van der Waals surface area contributed by atoms with E-state index in [1.807, 2.05) is 44.2 Å². The fraction of sp³-hybridized carbons (Fsp3) is 0.122. The van der Waals surface area contributed by atoms with Crippen LogP contribution in [0, 0.1) is 6.92 Å². The van der Waals surface area contributed by atoms with Crippen molar-refractivity contribution in [3.8, 4) is 0 Å². The minimum absolute atomic E-state index is 0.899. The summed E-state index contributed by atoms with van der Waals surface area (Å²) in [4.78, 5) is 1.22. The fourth-order valence-corrected chi connectivity index (χ4v) is 6.74. The van der Waals surface area contributed by atoms with Crippen LogP contribution in [0.5, 0.6) is 0 Å². The van der Waals surface area contributed by atoms with Crippen LogP contribution < -0.4 is 20.9 Å². The van der Waals surface area contributed by atoms with Crippen LogP contribution in [0.2, 0.25) is 0 Å². The minimum atomic E-state index is 0.899. The van der Waals surface area contributed by atoms with Crippen LogP contribution in [0.3, 0.4) is 0 Å². The third kappa shape index (κ3) is 6.54. The number of benzene rings is 2. The van der Waals surface area contributed by atoms with Crippen molar-refractivity contribution in [2.75, 3.05) is 0 Å². The van der Waals surface area contributed by atoms with E-state index >= 15 is 0 Å². The zero-order chi connectivity index (χ0) is 30.8. The smallest absolute Gasteiger partial charge is 0.0430 e. The number of hydrogen-bond acceptors (Lipinski definition) is 1. The van der Waals surface area contributed by atoms with Crippen LogP contribution >= 0.6 is 11.3 Å². The Morgan fingerprint density at radius 2 is 1.48 bits per heavy atom. The molecule has 42 heavy (non-hydrogen) atoms. The van der Waals surface area contributed by atoms with E-state index in [1.54, 1.807) is 11.3 Å². The second kappa shape index (κ2) is 15.0. The highest BCUT2D eigenvalue weighted by molar-refractivity contribution is 7.20. The highest BCUT2D eigenvalue weighted by atomic mass is 32.1. The van der Waals surface area contributed by atoms with Crippen LogP contribution in [0.15, 0.2) is 105 Å². The Kier molecular flexibility index (Phi) is 11.4. The molecule has 0 unspecified atom stereocenters. The van der Waals surface area contributed by atoms with Crippen molar-refractivity contribution in [2.24, 2.45) is 0 Å². The molecule has 0 saturated carbocycles. The van der Waals surface area contributed by atoms with Gasteiger partial charge in [0.1, 0.15) is 0 Å². The van der Waals surface area contributed by atoms with Gasteiger partial charge in [-0.05, 0) is 107 Å². The van der Waals surface area contributed by atoms with Gasteiger partial charge in [0.25, 0.3) is 0 Å². The van der Waals surface area contributed by atoms with Gasteiger partial charge in [0.05, 0.1) is 0 Å². The first-order valence-electron chi connectivity index (χ1n) is 14.2. The Morgan fingerprint density at radius 1 is 0.810 bits per heavy atom. The van der Waals surface area contributed by atoms with Gasteiger partial charge >= 0.3 is 0 Å². The summed E-state index contributed by atoms with van der Waals surface area (Å²) in [5.41, 5.74) is 7.82. The van der Waals surface area contributed by atoms with Crippen molar-refractivity contribution in [3.05, 3.63) is 153 Å². The van der Waals surface area contributed by atoms with Gasteiger partial charge in [0.15, 0.2) is 0 Å². The summed E-state index contributed by atoms with van der Waals surface area (Å²) in [5, 5.41) is 5.73. The highest BCUT2D eigenvalue weighted by Crippen LogP contribution is 2.38. The van der Waals surface area contributed by atoms with Crippen molar-refractivity contribution in [3.63, 3.8) is 0 Å². The molecule has 0 fully saturated rings. The van der Waals surface area contributed by atoms with Crippen molar-refractivity contribution in [1.82, 2.24) is 0 Å². The maximum atomic E-state index is 4.55. The van der Waals surface area contributed by atoms with E-state index in [-0.39, 0.29) is 0 Å². The summed E-state index contributed by atoms with van der Waals surface area (Å²) in [5.74, 6) is 0. The predicted molar refractivity (Wildman–Crippen MR) is 196 cm³/mol. The number of allylic oxidation sites excluding steroid dienone is 10. The Hall–Kier alpha value is -4.46. The van der Waals surface area contributed by atoms with E-state index in [0.29, 0.717) is 0 Å². The average Bonchev–Trinajstić information content (AvgIpc) is 3.34. The maximum absolute atomic E-state index is 4.55. The molecule has 0 aliphatic rings. The molecule has 0 radical (unpaired) electrons. The molecule has 3 rings (SSSR count). The maximum Gasteiger partial charge on any atom is 0.0430 e. The quantitative estimate of drug-likeness (QED) is 0.215. The van der Waals surface area contributed by atoms with Gasteiger partial charge in [-0.3, -0.25) is 0 Å². The summed E-state index contributed by atoms with van der Waals surface area (Å²) >= 11 is 1.80. The van der Waals surface area contributed by atoms with Gasteiger partial charge in [-0.15, -0.1) is 11.3 Å². The molecule has 1 heteroatoms. The minimum Gasteiger partial charge on any atom is -0.135 e. The van der Waals surface area contributed by atoms with Crippen LogP contribution in [-0.2, 0) is 0 Å². The van der Waals surface area contributed by atoms with Gasteiger partial charge in [-0.1, -0.05) is 124 Å².